The predicted octanol–water partition coefficient (Wildman–Crippen LogP) is 6.19. The van der Waals surface area contributed by atoms with Gasteiger partial charge in [0.1, 0.15) is 11.3 Å². The molecule has 0 aliphatic carbocycles. The number of amides is 1. The number of hydrogen-bond donors (Lipinski definition) is 1. The first kappa shape index (κ1) is 19.8. The summed E-state index contributed by atoms with van der Waals surface area (Å²) in [6.45, 7) is 5.80. The van der Waals surface area contributed by atoms with Gasteiger partial charge in [0, 0.05) is 34.7 Å². The van der Waals surface area contributed by atoms with Gasteiger partial charge in [-0.2, -0.15) is 0 Å². The van der Waals surface area contributed by atoms with Gasteiger partial charge in [0.25, 0.3) is 0 Å². The van der Waals surface area contributed by atoms with Crippen molar-refractivity contribution >= 4 is 33.2 Å². The Kier molecular flexibility index (Phi) is 5.32. The monoisotopic (exact) mass is 399 g/mol. The molecule has 0 fully saturated rings. The van der Waals surface area contributed by atoms with Crippen molar-refractivity contribution in [1.29, 1.82) is 0 Å². The molecule has 0 aliphatic heterocycles. The molecule has 4 aromatic rings. The fraction of sp³-hybridized carbons (Fsp3) is 0.192. The largest absolute Gasteiger partial charge is 0.496 e. The van der Waals surface area contributed by atoms with Crippen molar-refractivity contribution in [3.63, 3.8) is 0 Å². The van der Waals surface area contributed by atoms with Crippen LogP contribution in [0.3, 0.4) is 0 Å². The molecule has 3 aromatic carbocycles. The third-order valence-electron chi connectivity index (χ3n) is 5.16. The number of benzene rings is 3. The average Bonchev–Trinajstić information content (AvgIpc) is 3.14. The van der Waals surface area contributed by atoms with Gasteiger partial charge in [0.15, 0.2) is 0 Å². The van der Waals surface area contributed by atoms with Crippen molar-refractivity contribution in [3.8, 4) is 16.9 Å². The van der Waals surface area contributed by atoms with Gasteiger partial charge in [-0.05, 0) is 54.8 Å². The fourth-order valence-corrected chi connectivity index (χ4v) is 3.71. The molecular weight excluding hydrogens is 374 g/mol. The first-order valence-corrected chi connectivity index (χ1v) is 10.0. The summed E-state index contributed by atoms with van der Waals surface area (Å²) in [4.78, 5) is 12.2. The number of ether oxygens (including phenoxy) is 1. The van der Waals surface area contributed by atoms with Crippen LogP contribution >= 0.6 is 0 Å². The highest BCUT2D eigenvalue weighted by Gasteiger charge is 2.15. The first-order chi connectivity index (χ1) is 14.5. The third-order valence-corrected chi connectivity index (χ3v) is 5.16. The lowest BCUT2D eigenvalue weighted by Crippen LogP contribution is -2.28. The third kappa shape index (κ3) is 3.81. The van der Waals surface area contributed by atoms with Crippen LogP contribution in [0.4, 0.5) is 0 Å². The molecule has 1 amide bonds. The molecule has 4 nitrogen and oxygen atoms in total. The van der Waals surface area contributed by atoms with Crippen LogP contribution in [0.2, 0.25) is 0 Å². The maximum atomic E-state index is 12.2. The van der Waals surface area contributed by atoms with Crippen LogP contribution in [0.5, 0.6) is 5.75 Å². The second-order valence-electron chi connectivity index (χ2n) is 7.75. The zero-order valence-electron chi connectivity index (χ0n) is 17.7. The molecule has 0 atom stereocenters. The molecule has 4 rings (SSSR count). The molecule has 4 heteroatoms. The van der Waals surface area contributed by atoms with Crippen LogP contribution in [0, 0.1) is 0 Å². The summed E-state index contributed by atoms with van der Waals surface area (Å²) < 4.78 is 11.4. The lowest BCUT2D eigenvalue weighted by atomic mass is 9.97. The molecule has 30 heavy (non-hydrogen) atoms. The van der Waals surface area contributed by atoms with Crippen molar-refractivity contribution in [2.75, 3.05) is 7.11 Å². The van der Waals surface area contributed by atoms with E-state index in [1.165, 1.54) is 10.8 Å². The Hall–Kier alpha value is -3.53. The summed E-state index contributed by atoms with van der Waals surface area (Å²) >= 11 is 0. The standard InChI is InChI=1S/C26H25NO3/c1-16(2)27-26(28)11-17(3)21-13-22-23(15-30-25(22)14-24(21)29-4)20-10-9-18-7-5-6-8-19(18)12-20/h5-16H,1-4H3,(H,27,28)/b17-11+. The van der Waals surface area contributed by atoms with Crippen molar-refractivity contribution in [2.24, 2.45) is 0 Å². The average molecular weight is 399 g/mol. The number of nitrogens with one attached hydrogen (secondary N) is 1. The van der Waals surface area contributed by atoms with E-state index in [-0.39, 0.29) is 11.9 Å². The molecule has 152 valence electrons. The summed E-state index contributed by atoms with van der Waals surface area (Å²) in [5.74, 6) is 0.555. The highest BCUT2D eigenvalue weighted by molar-refractivity contribution is 6.01. The number of allylic oxidation sites excluding steroid dienone is 1. The summed E-state index contributed by atoms with van der Waals surface area (Å²) in [6, 6.07) is 18.7. The molecule has 1 aromatic heterocycles. The van der Waals surface area contributed by atoms with Gasteiger partial charge in [0.05, 0.1) is 13.4 Å². The minimum atomic E-state index is -0.119. The van der Waals surface area contributed by atoms with Crippen LogP contribution in [0.25, 0.3) is 38.4 Å². The topological polar surface area (TPSA) is 51.5 Å². The second-order valence-corrected chi connectivity index (χ2v) is 7.75. The van der Waals surface area contributed by atoms with Gasteiger partial charge in [0.2, 0.25) is 5.91 Å². The number of hydrogen-bond acceptors (Lipinski definition) is 3. The van der Waals surface area contributed by atoms with E-state index in [9.17, 15) is 4.79 Å². The normalized spacial score (nSPS) is 12.0. The molecule has 0 bridgehead atoms. The molecule has 0 radical (unpaired) electrons. The fourth-order valence-electron chi connectivity index (χ4n) is 3.71. The lowest BCUT2D eigenvalue weighted by Gasteiger charge is -2.11. The van der Waals surface area contributed by atoms with Crippen LogP contribution in [0.15, 0.2) is 71.4 Å². The first-order valence-electron chi connectivity index (χ1n) is 10.0. The predicted molar refractivity (Wildman–Crippen MR) is 123 cm³/mol. The van der Waals surface area contributed by atoms with Crippen molar-refractivity contribution in [1.82, 2.24) is 5.32 Å². The second kappa shape index (κ2) is 8.07. The highest BCUT2D eigenvalue weighted by atomic mass is 16.5. The quantitative estimate of drug-likeness (QED) is 0.407. The Morgan fingerprint density at radius 2 is 1.83 bits per heavy atom. The van der Waals surface area contributed by atoms with Crippen molar-refractivity contribution < 1.29 is 13.9 Å². The molecule has 0 unspecified atom stereocenters. The summed E-state index contributed by atoms with van der Waals surface area (Å²) in [5, 5.41) is 6.26. The maximum absolute atomic E-state index is 12.2. The van der Waals surface area contributed by atoms with Crippen LogP contribution < -0.4 is 10.1 Å². The van der Waals surface area contributed by atoms with Gasteiger partial charge < -0.3 is 14.5 Å². The SMILES string of the molecule is COc1cc2occ(-c3ccc4ccccc4c3)c2cc1/C(C)=C/C(=O)NC(C)C. The minimum Gasteiger partial charge on any atom is -0.496 e. The van der Waals surface area contributed by atoms with Crippen molar-refractivity contribution in [3.05, 3.63) is 72.5 Å². The summed E-state index contributed by atoms with van der Waals surface area (Å²) in [5.41, 5.74) is 4.55. The maximum Gasteiger partial charge on any atom is 0.244 e. The summed E-state index contributed by atoms with van der Waals surface area (Å²) in [7, 11) is 1.62. The molecule has 0 saturated carbocycles. The number of carbonyl (C=O) groups is 1. The number of furan rings is 1. The molecular formula is C26H25NO3. The van der Waals surface area contributed by atoms with E-state index in [0.717, 1.165) is 33.2 Å². The Bertz CT molecular complexity index is 1260. The number of carbonyl (C=O) groups excluding carboxylic acids is 1. The molecule has 0 saturated heterocycles. The van der Waals surface area contributed by atoms with Gasteiger partial charge in [-0.3, -0.25) is 4.79 Å². The Morgan fingerprint density at radius 3 is 2.57 bits per heavy atom. The zero-order chi connectivity index (χ0) is 21.3. The van der Waals surface area contributed by atoms with E-state index in [2.05, 4.69) is 35.6 Å². The number of rotatable bonds is 5. The molecule has 1 heterocycles. The number of fused-ring (bicyclic) bond motifs is 2. The van der Waals surface area contributed by atoms with Crippen LogP contribution in [0.1, 0.15) is 26.3 Å². The van der Waals surface area contributed by atoms with Crippen LogP contribution in [-0.2, 0) is 4.79 Å². The van der Waals surface area contributed by atoms with E-state index in [4.69, 9.17) is 9.15 Å². The smallest absolute Gasteiger partial charge is 0.244 e. The molecule has 0 aliphatic rings. The Labute approximate surface area is 176 Å². The van der Waals surface area contributed by atoms with E-state index in [0.29, 0.717) is 5.75 Å². The zero-order valence-corrected chi connectivity index (χ0v) is 17.7. The van der Waals surface area contributed by atoms with Gasteiger partial charge in [-0.25, -0.2) is 0 Å². The van der Waals surface area contributed by atoms with E-state index < -0.39 is 0 Å². The highest BCUT2D eigenvalue weighted by Crippen LogP contribution is 2.38. The lowest BCUT2D eigenvalue weighted by molar-refractivity contribution is -0.116. The van der Waals surface area contributed by atoms with Gasteiger partial charge in [-0.1, -0.05) is 36.4 Å². The van der Waals surface area contributed by atoms with E-state index in [1.807, 2.05) is 45.0 Å². The number of methoxy groups -OCH3 is 1. The Morgan fingerprint density at radius 1 is 1.07 bits per heavy atom. The molecule has 0 spiro atoms. The van der Waals surface area contributed by atoms with Crippen molar-refractivity contribution in [2.45, 2.75) is 26.8 Å². The van der Waals surface area contributed by atoms with Gasteiger partial charge in [-0.15, -0.1) is 0 Å². The van der Waals surface area contributed by atoms with Crippen LogP contribution in [-0.4, -0.2) is 19.1 Å². The van der Waals surface area contributed by atoms with Gasteiger partial charge >= 0.3 is 0 Å². The van der Waals surface area contributed by atoms with E-state index in [1.54, 1.807) is 19.4 Å². The molecule has 1 N–H and O–H groups in total. The van der Waals surface area contributed by atoms with E-state index >= 15 is 0 Å². The minimum absolute atomic E-state index is 0.0827. The summed E-state index contributed by atoms with van der Waals surface area (Å²) in [6.07, 6.45) is 3.39. The Balaban J connectivity index is 1.82.